The lowest BCUT2D eigenvalue weighted by molar-refractivity contribution is 1.13. The van der Waals surface area contributed by atoms with E-state index in [4.69, 9.17) is 28.9 Å². The summed E-state index contributed by atoms with van der Waals surface area (Å²) in [6, 6.07) is 7.32. The van der Waals surface area contributed by atoms with Crippen molar-refractivity contribution >= 4 is 62.2 Å². The van der Waals surface area contributed by atoms with Gasteiger partial charge in [0.15, 0.2) is 4.34 Å². The smallest absolute Gasteiger partial charge is 0.157 e. The first-order valence-electron chi connectivity index (χ1n) is 5.27. The number of benzene rings is 1. The number of nitrogens with two attached hydrogens (primary N) is 1. The highest BCUT2D eigenvalue weighted by molar-refractivity contribution is 8.01. The van der Waals surface area contributed by atoms with Crippen molar-refractivity contribution in [3.63, 3.8) is 0 Å². The standard InChI is InChI=1S/C12H7Cl2N3S2/c13-6-3-8(14)11(16-5-6)19-12-17-9-2-1-7(15)4-10(9)18-12/h1-5H,15H2. The van der Waals surface area contributed by atoms with Gasteiger partial charge in [-0.05, 0) is 36.0 Å². The molecule has 0 fully saturated rings. The van der Waals surface area contributed by atoms with Crippen LogP contribution in [0.2, 0.25) is 10.0 Å². The van der Waals surface area contributed by atoms with E-state index in [0.29, 0.717) is 15.1 Å². The molecule has 0 saturated heterocycles. The molecule has 0 amide bonds. The summed E-state index contributed by atoms with van der Waals surface area (Å²) < 4.78 is 1.92. The van der Waals surface area contributed by atoms with Gasteiger partial charge in [0.2, 0.25) is 0 Å². The number of fused-ring (bicyclic) bond motifs is 1. The van der Waals surface area contributed by atoms with Crippen molar-refractivity contribution in [2.45, 2.75) is 9.37 Å². The Bertz CT molecular complexity index is 758. The van der Waals surface area contributed by atoms with Crippen molar-refractivity contribution in [3.05, 3.63) is 40.5 Å². The molecule has 2 N–H and O–H groups in total. The van der Waals surface area contributed by atoms with E-state index in [1.807, 2.05) is 18.2 Å². The van der Waals surface area contributed by atoms with Gasteiger partial charge in [0.1, 0.15) is 5.03 Å². The first-order valence-corrected chi connectivity index (χ1v) is 7.66. The molecule has 1 aromatic carbocycles. The van der Waals surface area contributed by atoms with E-state index in [1.54, 1.807) is 23.6 Å². The molecule has 0 radical (unpaired) electrons. The van der Waals surface area contributed by atoms with E-state index in [-0.39, 0.29) is 0 Å². The summed E-state index contributed by atoms with van der Waals surface area (Å²) in [6.07, 6.45) is 1.57. The van der Waals surface area contributed by atoms with Gasteiger partial charge in [0.25, 0.3) is 0 Å². The van der Waals surface area contributed by atoms with E-state index in [1.165, 1.54) is 11.8 Å². The minimum atomic E-state index is 0.520. The average Bonchev–Trinajstić information content (AvgIpc) is 2.74. The molecule has 0 aliphatic heterocycles. The average molecular weight is 328 g/mol. The fourth-order valence-corrected chi connectivity index (χ4v) is 4.01. The van der Waals surface area contributed by atoms with Crippen LogP contribution in [0.3, 0.4) is 0 Å². The number of anilines is 1. The molecule has 0 aliphatic carbocycles. The highest BCUT2D eigenvalue weighted by Gasteiger charge is 2.10. The Morgan fingerprint density at radius 2 is 2.05 bits per heavy atom. The fourth-order valence-electron chi connectivity index (χ4n) is 1.52. The summed E-state index contributed by atoms with van der Waals surface area (Å²) in [5.41, 5.74) is 7.41. The number of nitrogens with zero attached hydrogens (tertiary/aromatic N) is 2. The molecule has 3 nitrogen and oxygen atoms in total. The Morgan fingerprint density at radius 3 is 2.84 bits per heavy atom. The van der Waals surface area contributed by atoms with Crippen LogP contribution < -0.4 is 5.73 Å². The first kappa shape index (κ1) is 13.0. The van der Waals surface area contributed by atoms with Gasteiger partial charge in [-0.15, -0.1) is 11.3 Å². The summed E-state index contributed by atoms with van der Waals surface area (Å²) in [6.45, 7) is 0. The Labute approximate surface area is 127 Å². The van der Waals surface area contributed by atoms with Crippen LogP contribution in [0.15, 0.2) is 39.8 Å². The molecular formula is C12H7Cl2N3S2. The Hall–Kier alpha value is -1.01. The van der Waals surface area contributed by atoms with Crippen LogP contribution in [0, 0.1) is 0 Å². The van der Waals surface area contributed by atoms with Crippen molar-refractivity contribution in [2.75, 3.05) is 5.73 Å². The minimum Gasteiger partial charge on any atom is -0.399 e. The van der Waals surface area contributed by atoms with Gasteiger partial charge in [0.05, 0.1) is 20.3 Å². The summed E-state index contributed by atoms with van der Waals surface area (Å²) in [7, 11) is 0. The zero-order valence-electron chi connectivity index (χ0n) is 9.43. The molecule has 2 aromatic heterocycles. The number of nitrogen functional groups attached to an aromatic ring is 1. The van der Waals surface area contributed by atoms with E-state index < -0.39 is 0 Å². The number of pyridine rings is 1. The number of halogens is 2. The van der Waals surface area contributed by atoms with Crippen LogP contribution in [0.4, 0.5) is 5.69 Å². The molecule has 19 heavy (non-hydrogen) atoms. The van der Waals surface area contributed by atoms with Crippen LogP contribution in [0.25, 0.3) is 10.2 Å². The monoisotopic (exact) mass is 327 g/mol. The van der Waals surface area contributed by atoms with E-state index >= 15 is 0 Å². The Balaban J connectivity index is 1.96. The van der Waals surface area contributed by atoms with Gasteiger partial charge >= 0.3 is 0 Å². The van der Waals surface area contributed by atoms with Crippen LogP contribution in [-0.4, -0.2) is 9.97 Å². The highest BCUT2D eigenvalue weighted by atomic mass is 35.5. The quantitative estimate of drug-likeness (QED) is 0.691. The summed E-state index contributed by atoms with van der Waals surface area (Å²) in [5, 5.41) is 1.74. The Morgan fingerprint density at radius 1 is 1.21 bits per heavy atom. The minimum absolute atomic E-state index is 0.520. The van der Waals surface area contributed by atoms with Crippen LogP contribution in [0.1, 0.15) is 0 Å². The van der Waals surface area contributed by atoms with Crippen molar-refractivity contribution in [1.29, 1.82) is 0 Å². The number of hydrogen-bond acceptors (Lipinski definition) is 5. The molecule has 2 heterocycles. The number of aromatic nitrogens is 2. The topological polar surface area (TPSA) is 51.8 Å². The van der Waals surface area contributed by atoms with Gasteiger partial charge in [-0.25, -0.2) is 9.97 Å². The molecule has 0 aliphatic rings. The molecule has 0 unspecified atom stereocenters. The third-order valence-corrected chi connectivity index (χ3v) is 5.06. The number of hydrogen-bond donors (Lipinski definition) is 1. The van der Waals surface area contributed by atoms with Gasteiger partial charge in [-0.3, -0.25) is 0 Å². The maximum Gasteiger partial charge on any atom is 0.157 e. The predicted molar refractivity (Wildman–Crippen MR) is 82.4 cm³/mol. The second kappa shape index (κ2) is 5.17. The SMILES string of the molecule is Nc1ccc2nc(Sc3ncc(Cl)cc3Cl)sc2c1. The lowest BCUT2D eigenvalue weighted by Crippen LogP contribution is -1.82. The molecule has 0 spiro atoms. The van der Waals surface area contributed by atoms with Gasteiger partial charge in [0, 0.05) is 11.9 Å². The van der Waals surface area contributed by atoms with Gasteiger partial charge in [-0.2, -0.15) is 0 Å². The van der Waals surface area contributed by atoms with Crippen LogP contribution in [-0.2, 0) is 0 Å². The van der Waals surface area contributed by atoms with Gasteiger partial charge in [-0.1, -0.05) is 23.2 Å². The second-order valence-electron chi connectivity index (χ2n) is 3.75. The largest absolute Gasteiger partial charge is 0.399 e. The zero-order chi connectivity index (χ0) is 13.4. The molecule has 7 heteroatoms. The lowest BCUT2D eigenvalue weighted by atomic mass is 10.3. The van der Waals surface area contributed by atoms with E-state index in [9.17, 15) is 0 Å². The number of thiazole rings is 1. The highest BCUT2D eigenvalue weighted by Crippen LogP contribution is 2.37. The second-order valence-corrected chi connectivity index (χ2v) is 6.86. The molecule has 3 rings (SSSR count). The molecule has 0 saturated carbocycles. The molecule has 3 aromatic rings. The van der Waals surface area contributed by atoms with E-state index in [0.717, 1.165) is 20.2 Å². The van der Waals surface area contributed by atoms with Crippen LogP contribution in [0.5, 0.6) is 0 Å². The van der Waals surface area contributed by atoms with Crippen molar-refractivity contribution < 1.29 is 0 Å². The molecular weight excluding hydrogens is 321 g/mol. The van der Waals surface area contributed by atoms with Gasteiger partial charge < -0.3 is 5.73 Å². The maximum absolute atomic E-state index is 6.09. The zero-order valence-corrected chi connectivity index (χ0v) is 12.6. The fraction of sp³-hybridized carbons (Fsp3) is 0. The Kier molecular flexibility index (Phi) is 3.54. The summed E-state index contributed by atoms with van der Waals surface area (Å²) in [5.74, 6) is 0. The third kappa shape index (κ3) is 2.79. The van der Waals surface area contributed by atoms with Crippen molar-refractivity contribution in [2.24, 2.45) is 0 Å². The maximum atomic E-state index is 6.09. The predicted octanol–water partition coefficient (Wildman–Crippen LogP) is 4.73. The molecule has 96 valence electrons. The number of rotatable bonds is 2. The molecule has 0 bridgehead atoms. The van der Waals surface area contributed by atoms with E-state index in [2.05, 4.69) is 9.97 Å². The summed E-state index contributed by atoms with van der Waals surface area (Å²) in [4.78, 5) is 8.71. The summed E-state index contributed by atoms with van der Waals surface area (Å²) >= 11 is 14.9. The molecule has 0 atom stereocenters. The van der Waals surface area contributed by atoms with Crippen LogP contribution >= 0.6 is 46.3 Å². The third-order valence-electron chi connectivity index (χ3n) is 2.35. The first-order chi connectivity index (χ1) is 9.11. The normalized spacial score (nSPS) is 11.1. The lowest BCUT2D eigenvalue weighted by Gasteiger charge is -1.99. The van der Waals surface area contributed by atoms with Crippen molar-refractivity contribution in [3.8, 4) is 0 Å². The van der Waals surface area contributed by atoms with Crippen molar-refractivity contribution in [1.82, 2.24) is 9.97 Å².